The molecule has 0 bridgehead atoms. The molecule has 0 aliphatic carbocycles. The van der Waals surface area contributed by atoms with E-state index in [1.54, 1.807) is 13.0 Å². The van der Waals surface area contributed by atoms with Gasteiger partial charge in [0.15, 0.2) is 0 Å². The molecule has 1 aliphatic heterocycles. The number of carbonyl (C=O) groups is 2. The van der Waals surface area contributed by atoms with Crippen LogP contribution >= 0.6 is 0 Å². The number of rotatable bonds is 7. The van der Waals surface area contributed by atoms with Crippen LogP contribution in [-0.2, 0) is 20.9 Å². The molecule has 3 atom stereocenters. The number of benzene rings is 1. The summed E-state index contributed by atoms with van der Waals surface area (Å²) < 4.78 is 10.5. The molecular weight excluding hydrogens is 322 g/mol. The average Bonchev–Trinajstić information content (AvgIpc) is 3.00. The second-order valence-corrected chi connectivity index (χ2v) is 5.96. The molecule has 1 aliphatic rings. The van der Waals surface area contributed by atoms with Gasteiger partial charge in [-0.05, 0) is 25.3 Å². The first-order valence-electron chi connectivity index (χ1n) is 8.51. The van der Waals surface area contributed by atoms with Crippen LogP contribution in [0, 0.1) is 5.92 Å². The van der Waals surface area contributed by atoms with Gasteiger partial charge >= 0.3 is 12.1 Å². The van der Waals surface area contributed by atoms with E-state index in [-0.39, 0.29) is 13.2 Å². The van der Waals surface area contributed by atoms with Gasteiger partial charge in [-0.15, -0.1) is 6.58 Å². The number of aliphatic hydroxyl groups is 1. The fourth-order valence-electron chi connectivity index (χ4n) is 3.10. The van der Waals surface area contributed by atoms with Crippen molar-refractivity contribution in [1.82, 2.24) is 4.90 Å². The van der Waals surface area contributed by atoms with Gasteiger partial charge in [-0.1, -0.05) is 36.4 Å². The lowest BCUT2D eigenvalue weighted by Gasteiger charge is -2.31. The van der Waals surface area contributed by atoms with Crippen molar-refractivity contribution < 1.29 is 24.2 Å². The first kappa shape index (κ1) is 19.0. The molecule has 6 nitrogen and oxygen atoms in total. The van der Waals surface area contributed by atoms with Crippen LogP contribution in [0.3, 0.4) is 0 Å². The van der Waals surface area contributed by atoms with Gasteiger partial charge in [-0.3, -0.25) is 4.79 Å². The van der Waals surface area contributed by atoms with Crippen LogP contribution in [0.4, 0.5) is 4.79 Å². The molecule has 1 fully saturated rings. The standard InChI is InChI=1S/C19H25NO5/c1-3-8-15(18(22)24-4-2)17-16(21)11-12-20(17)19(23)25-13-14-9-6-5-7-10-14/h3,5-7,9-10,15-17,21H,1,4,8,11-13H2,2H3/t15?,16-,17+/m1/s1. The van der Waals surface area contributed by atoms with Crippen LogP contribution < -0.4 is 0 Å². The Morgan fingerprint density at radius 3 is 2.72 bits per heavy atom. The molecule has 2 rings (SSSR count). The van der Waals surface area contributed by atoms with Crippen LogP contribution in [-0.4, -0.2) is 47.4 Å². The molecule has 0 aromatic heterocycles. The second-order valence-electron chi connectivity index (χ2n) is 5.96. The maximum absolute atomic E-state index is 12.5. The molecule has 1 amide bonds. The summed E-state index contributed by atoms with van der Waals surface area (Å²) in [4.78, 5) is 26.2. The number of carbonyl (C=O) groups excluding carboxylic acids is 2. The van der Waals surface area contributed by atoms with Gasteiger partial charge < -0.3 is 19.5 Å². The summed E-state index contributed by atoms with van der Waals surface area (Å²) in [5.41, 5.74) is 0.875. The van der Waals surface area contributed by atoms with Crippen LogP contribution in [0.15, 0.2) is 43.0 Å². The molecule has 25 heavy (non-hydrogen) atoms. The van der Waals surface area contributed by atoms with E-state index in [1.165, 1.54) is 4.90 Å². The largest absolute Gasteiger partial charge is 0.466 e. The van der Waals surface area contributed by atoms with E-state index in [9.17, 15) is 14.7 Å². The lowest BCUT2D eigenvalue weighted by Crippen LogP contribution is -2.47. The number of amides is 1. The van der Waals surface area contributed by atoms with E-state index in [4.69, 9.17) is 9.47 Å². The Balaban J connectivity index is 2.07. The Labute approximate surface area is 148 Å². The molecular formula is C19H25NO5. The Bertz CT molecular complexity index is 589. The monoisotopic (exact) mass is 347 g/mol. The Kier molecular flexibility index (Phi) is 7.01. The van der Waals surface area contributed by atoms with Gasteiger partial charge in [0.2, 0.25) is 0 Å². The SMILES string of the molecule is C=CCC(C(=O)OCC)[C@H]1[C@H](O)CCN1C(=O)OCc1ccccc1. The second kappa shape index (κ2) is 9.22. The molecule has 0 spiro atoms. The number of likely N-dealkylation sites (tertiary alicyclic amines) is 1. The predicted molar refractivity (Wildman–Crippen MR) is 92.7 cm³/mol. The van der Waals surface area contributed by atoms with Crippen molar-refractivity contribution in [1.29, 1.82) is 0 Å². The highest BCUT2D eigenvalue weighted by molar-refractivity contribution is 5.76. The Morgan fingerprint density at radius 2 is 2.08 bits per heavy atom. The molecule has 6 heteroatoms. The highest BCUT2D eigenvalue weighted by atomic mass is 16.6. The molecule has 0 saturated carbocycles. The summed E-state index contributed by atoms with van der Waals surface area (Å²) in [6.07, 6.45) is 0.990. The molecule has 136 valence electrons. The van der Waals surface area contributed by atoms with Crippen LogP contribution in [0.1, 0.15) is 25.3 Å². The van der Waals surface area contributed by atoms with E-state index in [1.807, 2.05) is 30.3 Å². The quantitative estimate of drug-likeness (QED) is 0.606. The predicted octanol–water partition coefficient (Wildman–Crippen LogP) is 2.51. The van der Waals surface area contributed by atoms with Crippen molar-refractivity contribution in [2.45, 2.75) is 38.5 Å². The van der Waals surface area contributed by atoms with Crippen molar-refractivity contribution in [3.05, 3.63) is 48.6 Å². The van der Waals surface area contributed by atoms with Gasteiger partial charge in [0.25, 0.3) is 0 Å². The lowest BCUT2D eigenvalue weighted by atomic mass is 9.92. The number of aliphatic hydroxyl groups excluding tert-OH is 1. The third-order valence-corrected chi connectivity index (χ3v) is 4.28. The fourth-order valence-corrected chi connectivity index (χ4v) is 3.10. The van der Waals surface area contributed by atoms with Crippen molar-refractivity contribution in [3.8, 4) is 0 Å². The molecule has 1 unspecified atom stereocenters. The average molecular weight is 347 g/mol. The van der Waals surface area contributed by atoms with Crippen LogP contribution in [0.2, 0.25) is 0 Å². The smallest absolute Gasteiger partial charge is 0.410 e. The van der Waals surface area contributed by atoms with Gasteiger partial charge in [0.1, 0.15) is 6.61 Å². The minimum atomic E-state index is -0.793. The zero-order valence-corrected chi connectivity index (χ0v) is 14.5. The number of ether oxygens (including phenoxy) is 2. The van der Waals surface area contributed by atoms with Gasteiger partial charge in [-0.2, -0.15) is 0 Å². The summed E-state index contributed by atoms with van der Waals surface area (Å²) in [6.45, 7) is 6.11. The highest BCUT2D eigenvalue weighted by Crippen LogP contribution is 2.29. The first-order valence-corrected chi connectivity index (χ1v) is 8.51. The highest BCUT2D eigenvalue weighted by Gasteiger charge is 2.44. The van der Waals surface area contributed by atoms with E-state index in [2.05, 4.69) is 6.58 Å². The Morgan fingerprint density at radius 1 is 1.36 bits per heavy atom. The molecule has 1 heterocycles. The number of esters is 1. The lowest BCUT2D eigenvalue weighted by molar-refractivity contribution is -0.151. The normalized spacial score (nSPS) is 20.8. The maximum Gasteiger partial charge on any atom is 0.410 e. The zero-order valence-electron chi connectivity index (χ0n) is 14.5. The van der Waals surface area contributed by atoms with Crippen molar-refractivity contribution in [2.24, 2.45) is 5.92 Å². The summed E-state index contributed by atoms with van der Waals surface area (Å²) in [5.74, 6) is -1.09. The third-order valence-electron chi connectivity index (χ3n) is 4.28. The molecule has 1 aromatic rings. The molecule has 0 radical (unpaired) electrons. The third kappa shape index (κ3) is 4.82. The summed E-state index contributed by atoms with van der Waals surface area (Å²) in [7, 11) is 0. The molecule has 1 saturated heterocycles. The zero-order chi connectivity index (χ0) is 18.2. The molecule has 1 N–H and O–H groups in total. The van der Waals surface area contributed by atoms with Crippen LogP contribution in [0.5, 0.6) is 0 Å². The van der Waals surface area contributed by atoms with Crippen molar-refractivity contribution >= 4 is 12.1 Å². The Hall–Kier alpha value is -2.34. The summed E-state index contributed by atoms with van der Waals surface area (Å²) >= 11 is 0. The van der Waals surface area contributed by atoms with Gasteiger partial charge in [0.05, 0.1) is 24.7 Å². The van der Waals surface area contributed by atoms with Crippen molar-refractivity contribution in [2.75, 3.05) is 13.2 Å². The maximum atomic E-state index is 12.5. The number of allylic oxidation sites excluding steroid dienone is 1. The van der Waals surface area contributed by atoms with E-state index >= 15 is 0 Å². The minimum absolute atomic E-state index is 0.143. The van der Waals surface area contributed by atoms with Gasteiger partial charge in [-0.25, -0.2) is 4.79 Å². The van der Waals surface area contributed by atoms with Gasteiger partial charge in [0, 0.05) is 6.54 Å². The number of hydrogen-bond acceptors (Lipinski definition) is 5. The molecule has 1 aromatic carbocycles. The summed E-state index contributed by atoms with van der Waals surface area (Å²) in [6, 6.07) is 8.68. The van der Waals surface area contributed by atoms with Crippen molar-refractivity contribution in [3.63, 3.8) is 0 Å². The first-order chi connectivity index (χ1) is 12.1. The number of nitrogens with zero attached hydrogens (tertiary/aromatic N) is 1. The summed E-state index contributed by atoms with van der Waals surface area (Å²) in [5, 5.41) is 10.3. The van der Waals surface area contributed by atoms with E-state index in [0.717, 1.165) is 5.56 Å². The van der Waals surface area contributed by atoms with E-state index < -0.39 is 30.1 Å². The topological polar surface area (TPSA) is 76.1 Å². The minimum Gasteiger partial charge on any atom is -0.466 e. The van der Waals surface area contributed by atoms with Crippen LogP contribution in [0.25, 0.3) is 0 Å². The fraction of sp³-hybridized carbons (Fsp3) is 0.474. The van der Waals surface area contributed by atoms with E-state index in [0.29, 0.717) is 19.4 Å². The number of hydrogen-bond donors (Lipinski definition) is 1.